The summed E-state index contributed by atoms with van der Waals surface area (Å²) in [6.07, 6.45) is 3.60. The molecular weight excluding hydrogens is 552 g/mol. The highest BCUT2D eigenvalue weighted by Crippen LogP contribution is 2.38. The number of benzene rings is 5. The Labute approximate surface area is 259 Å². The van der Waals surface area contributed by atoms with Crippen LogP contribution >= 0.6 is 0 Å². The number of nitriles is 1. The second-order valence-corrected chi connectivity index (χ2v) is 10.7. The Morgan fingerprint density at radius 1 is 0.489 bits per heavy atom. The first-order valence-electron chi connectivity index (χ1n) is 14.6. The molecule has 0 aliphatic rings. The lowest BCUT2D eigenvalue weighted by Crippen LogP contribution is -2.04. The first kappa shape index (κ1) is 26.2. The van der Waals surface area contributed by atoms with Gasteiger partial charge in [0.05, 0.1) is 28.4 Å². The van der Waals surface area contributed by atoms with Crippen molar-refractivity contribution >= 4 is 21.8 Å². The van der Waals surface area contributed by atoms with Gasteiger partial charge in [-0.05, 0) is 53.6 Å². The molecular formula is C39H24N6. The molecule has 45 heavy (non-hydrogen) atoms. The summed E-state index contributed by atoms with van der Waals surface area (Å²) in [6.45, 7) is 0. The summed E-state index contributed by atoms with van der Waals surface area (Å²) in [5.41, 5.74) is 8.18. The molecule has 6 nitrogen and oxygen atoms in total. The van der Waals surface area contributed by atoms with Gasteiger partial charge in [-0.25, -0.2) is 15.0 Å². The third-order valence-corrected chi connectivity index (χ3v) is 8.00. The van der Waals surface area contributed by atoms with E-state index in [2.05, 4.69) is 46.0 Å². The minimum Gasteiger partial charge on any atom is -0.308 e. The van der Waals surface area contributed by atoms with Gasteiger partial charge in [-0.2, -0.15) is 5.26 Å². The van der Waals surface area contributed by atoms with Gasteiger partial charge < -0.3 is 4.57 Å². The van der Waals surface area contributed by atoms with E-state index in [9.17, 15) is 5.26 Å². The van der Waals surface area contributed by atoms with Crippen molar-refractivity contribution in [3.05, 3.63) is 151 Å². The molecule has 0 saturated heterocycles. The van der Waals surface area contributed by atoms with Crippen molar-refractivity contribution in [2.24, 2.45) is 0 Å². The van der Waals surface area contributed by atoms with E-state index in [1.807, 2.05) is 103 Å². The van der Waals surface area contributed by atoms with E-state index < -0.39 is 0 Å². The number of aromatic nitrogens is 5. The highest BCUT2D eigenvalue weighted by Gasteiger charge is 2.20. The van der Waals surface area contributed by atoms with Crippen LogP contribution in [0.4, 0.5) is 0 Å². The van der Waals surface area contributed by atoms with Crippen LogP contribution < -0.4 is 0 Å². The van der Waals surface area contributed by atoms with Crippen LogP contribution in [0.25, 0.3) is 72.8 Å². The molecule has 5 aromatic carbocycles. The molecule has 0 fully saturated rings. The molecule has 0 radical (unpaired) electrons. The molecule has 0 bridgehead atoms. The molecule has 210 valence electrons. The Morgan fingerprint density at radius 3 is 1.80 bits per heavy atom. The smallest absolute Gasteiger partial charge is 0.166 e. The first-order chi connectivity index (χ1) is 22.3. The van der Waals surface area contributed by atoms with Crippen LogP contribution in [0, 0.1) is 11.3 Å². The lowest BCUT2D eigenvalue weighted by atomic mass is 10.0. The molecule has 0 spiro atoms. The minimum absolute atomic E-state index is 0.557. The summed E-state index contributed by atoms with van der Waals surface area (Å²) in [4.78, 5) is 19.3. The largest absolute Gasteiger partial charge is 0.308 e. The highest BCUT2D eigenvalue weighted by molar-refractivity contribution is 6.10. The van der Waals surface area contributed by atoms with E-state index in [1.165, 1.54) is 0 Å². The van der Waals surface area contributed by atoms with Crippen LogP contribution in [-0.2, 0) is 0 Å². The van der Waals surface area contributed by atoms with Crippen molar-refractivity contribution in [3.63, 3.8) is 0 Å². The third kappa shape index (κ3) is 4.69. The van der Waals surface area contributed by atoms with E-state index in [1.54, 1.807) is 12.4 Å². The fourth-order valence-electron chi connectivity index (χ4n) is 5.86. The zero-order chi connectivity index (χ0) is 30.2. The maximum atomic E-state index is 9.84. The van der Waals surface area contributed by atoms with Gasteiger partial charge in [0, 0.05) is 39.9 Å². The third-order valence-electron chi connectivity index (χ3n) is 8.00. The summed E-state index contributed by atoms with van der Waals surface area (Å²) >= 11 is 0. The maximum Gasteiger partial charge on any atom is 0.166 e. The predicted octanol–water partition coefficient (Wildman–Crippen LogP) is 8.90. The number of pyridine rings is 1. The van der Waals surface area contributed by atoms with Crippen LogP contribution in [0.15, 0.2) is 146 Å². The van der Waals surface area contributed by atoms with Crippen molar-refractivity contribution in [3.8, 4) is 57.0 Å². The van der Waals surface area contributed by atoms with Crippen molar-refractivity contribution in [1.29, 1.82) is 5.26 Å². The summed E-state index contributed by atoms with van der Waals surface area (Å²) in [7, 11) is 0. The number of hydrogen-bond donors (Lipinski definition) is 0. The van der Waals surface area contributed by atoms with Crippen LogP contribution in [0.5, 0.6) is 0 Å². The van der Waals surface area contributed by atoms with Gasteiger partial charge in [-0.15, -0.1) is 0 Å². The van der Waals surface area contributed by atoms with Gasteiger partial charge in [-0.1, -0.05) is 91.0 Å². The van der Waals surface area contributed by atoms with Gasteiger partial charge in [0.25, 0.3) is 0 Å². The average Bonchev–Trinajstić information content (AvgIpc) is 3.45. The number of rotatable bonds is 5. The predicted molar refractivity (Wildman–Crippen MR) is 178 cm³/mol. The quantitative estimate of drug-likeness (QED) is 0.204. The second kappa shape index (κ2) is 11.0. The summed E-state index contributed by atoms with van der Waals surface area (Å²) < 4.78 is 2.22. The summed E-state index contributed by atoms with van der Waals surface area (Å²) in [6, 6.07) is 46.8. The van der Waals surface area contributed by atoms with Crippen molar-refractivity contribution < 1.29 is 0 Å². The molecule has 8 aromatic rings. The number of nitrogens with zero attached hydrogens (tertiary/aromatic N) is 6. The van der Waals surface area contributed by atoms with Crippen LogP contribution in [0.2, 0.25) is 0 Å². The van der Waals surface area contributed by atoms with E-state index in [-0.39, 0.29) is 0 Å². The normalized spacial score (nSPS) is 11.1. The Hall–Kier alpha value is -6.45. The lowest BCUT2D eigenvalue weighted by molar-refractivity contribution is 1.06. The van der Waals surface area contributed by atoms with Crippen molar-refractivity contribution in [2.45, 2.75) is 0 Å². The Morgan fingerprint density at radius 2 is 1.11 bits per heavy atom. The topological polar surface area (TPSA) is 80.3 Å². The van der Waals surface area contributed by atoms with Gasteiger partial charge in [-0.3, -0.25) is 4.98 Å². The maximum absolute atomic E-state index is 9.84. The van der Waals surface area contributed by atoms with Gasteiger partial charge in [0.2, 0.25) is 0 Å². The molecule has 0 unspecified atom stereocenters. The van der Waals surface area contributed by atoms with E-state index in [0.717, 1.165) is 55.3 Å². The minimum atomic E-state index is 0.557. The highest BCUT2D eigenvalue weighted by atomic mass is 15.1. The standard InChI is InChI=1S/C39H24N6/c40-25-26-15-17-32-31-13-7-8-14-34(31)45(35(32)23-26)36-24-30(27-19-21-41-22-20-27)16-18-33(36)39-43-37(28-9-3-1-4-10-28)42-38(44-39)29-11-5-2-6-12-29/h1-24H. The number of fused-ring (bicyclic) bond motifs is 3. The first-order valence-corrected chi connectivity index (χ1v) is 14.6. The Bertz CT molecular complexity index is 2320. The molecule has 3 aromatic heterocycles. The number of para-hydroxylation sites is 1. The molecule has 0 N–H and O–H groups in total. The fraction of sp³-hybridized carbons (Fsp3) is 0. The Balaban J connectivity index is 1.47. The lowest BCUT2D eigenvalue weighted by Gasteiger charge is -2.16. The van der Waals surface area contributed by atoms with Crippen LogP contribution in [0.1, 0.15) is 5.56 Å². The average molecular weight is 577 g/mol. The molecule has 0 amide bonds. The van der Waals surface area contributed by atoms with Crippen LogP contribution in [0.3, 0.4) is 0 Å². The van der Waals surface area contributed by atoms with Gasteiger partial charge >= 0.3 is 0 Å². The molecule has 3 heterocycles. The van der Waals surface area contributed by atoms with Crippen LogP contribution in [-0.4, -0.2) is 24.5 Å². The molecule has 0 aliphatic carbocycles. The monoisotopic (exact) mass is 576 g/mol. The molecule has 6 heteroatoms. The second-order valence-electron chi connectivity index (χ2n) is 10.7. The SMILES string of the molecule is N#Cc1ccc2c3ccccc3n(-c3cc(-c4ccncc4)ccc3-c3nc(-c4ccccc4)nc(-c4ccccc4)n3)c2c1. The molecule has 0 saturated carbocycles. The molecule has 8 rings (SSSR count). The van der Waals surface area contributed by atoms with E-state index in [4.69, 9.17) is 15.0 Å². The molecule has 0 atom stereocenters. The fourth-order valence-corrected chi connectivity index (χ4v) is 5.86. The zero-order valence-electron chi connectivity index (χ0n) is 24.0. The van der Waals surface area contributed by atoms with Gasteiger partial charge in [0.1, 0.15) is 0 Å². The summed E-state index contributed by atoms with van der Waals surface area (Å²) in [5.74, 6) is 1.75. The van der Waals surface area contributed by atoms with Crippen molar-refractivity contribution in [2.75, 3.05) is 0 Å². The summed E-state index contributed by atoms with van der Waals surface area (Å²) in [5, 5.41) is 12.0. The Kier molecular flexibility index (Phi) is 6.40. The molecule has 0 aliphatic heterocycles. The van der Waals surface area contributed by atoms with E-state index in [0.29, 0.717) is 23.0 Å². The van der Waals surface area contributed by atoms with Gasteiger partial charge in [0.15, 0.2) is 17.5 Å². The zero-order valence-corrected chi connectivity index (χ0v) is 24.0. The van der Waals surface area contributed by atoms with Crippen molar-refractivity contribution in [1.82, 2.24) is 24.5 Å². The van der Waals surface area contributed by atoms with E-state index >= 15 is 0 Å². The number of hydrogen-bond acceptors (Lipinski definition) is 5.